The van der Waals surface area contributed by atoms with Gasteiger partial charge in [0.05, 0.1) is 25.2 Å². The summed E-state index contributed by atoms with van der Waals surface area (Å²) in [6.45, 7) is 2.72. The van der Waals surface area contributed by atoms with Crippen molar-refractivity contribution in [1.29, 1.82) is 0 Å². The summed E-state index contributed by atoms with van der Waals surface area (Å²) in [4.78, 5) is 28.3. The second-order valence-corrected chi connectivity index (χ2v) is 12.9. The Morgan fingerprint density at radius 2 is 1.82 bits per heavy atom. The topological polar surface area (TPSA) is 108 Å². The molecule has 2 N–H and O–H groups in total. The van der Waals surface area contributed by atoms with Crippen LogP contribution in [0.4, 0.5) is 5.69 Å². The van der Waals surface area contributed by atoms with E-state index in [1.54, 1.807) is 4.90 Å². The molecule has 39 heavy (non-hydrogen) atoms. The van der Waals surface area contributed by atoms with Gasteiger partial charge in [-0.2, -0.15) is 0 Å². The average molecular weight is 555 g/mol. The fourth-order valence-electron chi connectivity index (χ4n) is 6.14. The third-order valence-electron chi connectivity index (χ3n) is 8.25. The number of sulfonamides is 1. The Morgan fingerprint density at radius 3 is 2.51 bits per heavy atom. The van der Waals surface area contributed by atoms with Gasteiger partial charge >= 0.3 is 0 Å². The van der Waals surface area contributed by atoms with Crippen molar-refractivity contribution in [2.24, 2.45) is 0 Å². The zero-order valence-electron chi connectivity index (χ0n) is 22.5. The third kappa shape index (κ3) is 6.28. The molecule has 0 unspecified atom stereocenters. The minimum atomic E-state index is -3.41. The molecule has 0 aliphatic carbocycles. The predicted molar refractivity (Wildman–Crippen MR) is 150 cm³/mol. The van der Waals surface area contributed by atoms with E-state index in [-0.39, 0.29) is 29.9 Å². The van der Waals surface area contributed by atoms with Crippen LogP contribution < -0.4 is 14.9 Å². The number of hydrogen-bond acceptors (Lipinski definition) is 6. The number of ether oxygens (including phenoxy) is 1. The number of anilines is 1. The molecule has 3 heterocycles. The Kier molecular flexibility index (Phi) is 8.25. The van der Waals surface area contributed by atoms with Crippen molar-refractivity contribution in [3.8, 4) is 0 Å². The first-order valence-electron chi connectivity index (χ1n) is 13.8. The van der Waals surface area contributed by atoms with Crippen LogP contribution in [-0.2, 0) is 36.4 Å². The van der Waals surface area contributed by atoms with Crippen LogP contribution in [0.3, 0.4) is 0 Å². The van der Waals surface area contributed by atoms with E-state index in [0.717, 1.165) is 36.2 Å². The maximum atomic E-state index is 13.7. The highest BCUT2D eigenvalue weighted by atomic mass is 32.2. The summed E-state index contributed by atoms with van der Waals surface area (Å²) in [5.41, 5.74) is 2.44. The van der Waals surface area contributed by atoms with Crippen LogP contribution in [0.5, 0.6) is 0 Å². The Morgan fingerprint density at radius 1 is 1.10 bits per heavy atom. The van der Waals surface area contributed by atoms with Gasteiger partial charge in [0.2, 0.25) is 21.8 Å². The minimum Gasteiger partial charge on any atom is -0.374 e. The maximum Gasteiger partial charge on any atom is 0.247 e. The molecule has 0 aromatic heterocycles. The lowest BCUT2D eigenvalue weighted by Gasteiger charge is -2.41. The SMILES string of the molecule is CS(=O)(=O)N1CC2(CCN(C(=O)[C@@H](COCc3ccccc3)NC(=O)C[C@@H]3CCCN3)CC2)c2ccccc21. The van der Waals surface area contributed by atoms with E-state index < -0.39 is 16.1 Å². The van der Waals surface area contributed by atoms with Crippen LogP contribution in [0.2, 0.25) is 0 Å². The molecule has 1 spiro atoms. The number of hydrogen-bond donors (Lipinski definition) is 2. The molecule has 5 rings (SSSR count). The monoisotopic (exact) mass is 554 g/mol. The molecule has 3 aliphatic heterocycles. The summed E-state index contributed by atoms with van der Waals surface area (Å²) < 4.78 is 32.4. The van der Waals surface area contributed by atoms with E-state index in [0.29, 0.717) is 45.5 Å². The fourth-order valence-corrected chi connectivity index (χ4v) is 7.13. The molecule has 9 nitrogen and oxygen atoms in total. The number of carbonyl (C=O) groups excluding carboxylic acids is 2. The van der Waals surface area contributed by atoms with Crippen molar-refractivity contribution >= 4 is 27.5 Å². The summed E-state index contributed by atoms with van der Waals surface area (Å²) >= 11 is 0. The van der Waals surface area contributed by atoms with E-state index in [1.165, 1.54) is 10.6 Å². The minimum absolute atomic E-state index is 0.0872. The lowest BCUT2D eigenvalue weighted by molar-refractivity contribution is -0.139. The Bertz CT molecular complexity index is 1270. The molecule has 10 heteroatoms. The Labute approximate surface area is 230 Å². The molecule has 0 bridgehead atoms. The Balaban J connectivity index is 1.25. The van der Waals surface area contributed by atoms with Gasteiger partial charge in [-0.05, 0) is 49.4 Å². The van der Waals surface area contributed by atoms with E-state index in [2.05, 4.69) is 10.6 Å². The first kappa shape index (κ1) is 27.6. The highest BCUT2D eigenvalue weighted by Crippen LogP contribution is 2.47. The lowest BCUT2D eigenvalue weighted by Crippen LogP contribution is -2.55. The molecule has 2 aromatic carbocycles. The smallest absolute Gasteiger partial charge is 0.247 e. The zero-order valence-corrected chi connectivity index (χ0v) is 23.3. The van der Waals surface area contributed by atoms with Gasteiger partial charge in [-0.3, -0.25) is 13.9 Å². The first-order valence-corrected chi connectivity index (χ1v) is 15.6. The summed E-state index contributed by atoms with van der Waals surface area (Å²) in [6, 6.07) is 16.8. The number of nitrogens with one attached hydrogen (secondary N) is 2. The van der Waals surface area contributed by atoms with Crippen molar-refractivity contribution in [2.75, 3.05) is 43.3 Å². The van der Waals surface area contributed by atoms with E-state index in [4.69, 9.17) is 4.74 Å². The van der Waals surface area contributed by atoms with Gasteiger partial charge in [0, 0.05) is 37.5 Å². The van der Waals surface area contributed by atoms with Gasteiger partial charge in [0.25, 0.3) is 0 Å². The number of amides is 2. The molecule has 2 amide bonds. The number of para-hydroxylation sites is 1. The highest BCUT2D eigenvalue weighted by Gasteiger charge is 2.47. The molecular weight excluding hydrogens is 516 g/mol. The van der Waals surface area contributed by atoms with Crippen molar-refractivity contribution in [3.05, 3.63) is 65.7 Å². The van der Waals surface area contributed by atoms with Gasteiger partial charge in [0.1, 0.15) is 6.04 Å². The maximum absolute atomic E-state index is 13.7. The lowest BCUT2D eigenvalue weighted by atomic mass is 9.74. The molecule has 3 aliphatic rings. The summed E-state index contributed by atoms with van der Waals surface area (Å²) in [6.07, 6.45) is 4.89. The van der Waals surface area contributed by atoms with Crippen molar-refractivity contribution < 1.29 is 22.7 Å². The van der Waals surface area contributed by atoms with Gasteiger partial charge in [0.15, 0.2) is 0 Å². The van der Waals surface area contributed by atoms with E-state index in [9.17, 15) is 18.0 Å². The summed E-state index contributed by atoms with van der Waals surface area (Å²) in [5.74, 6) is -0.310. The standard InChI is InChI=1S/C29H38N4O5S/c1-39(36,37)33-21-29(24-11-5-6-12-26(24)33)13-16-32(17-14-29)28(35)25(20-38-19-22-8-3-2-4-9-22)31-27(34)18-23-10-7-15-30-23/h2-6,8-9,11-12,23,25,30H,7,10,13-21H2,1H3,(H,31,34)/t23-,25+/m0/s1. The predicted octanol–water partition coefficient (Wildman–Crippen LogP) is 2.17. The molecule has 2 aromatic rings. The molecule has 210 valence electrons. The van der Waals surface area contributed by atoms with Crippen LogP contribution >= 0.6 is 0 Å². The molecule has 0 radical (unpaired) electrons. The first-order chi connectivity index (χ1) is 18.7. The molecule has 2 atom stereocenters. The Hall–Kier alpha value is -2.95. The van der Waals surface area contributed by atoms with Crippen molar-refractivity contribution in [1.82, 2.24) is 15.5 Å². The summed E-state index contributed by atoms with van der Waals surface area (Å²) in [5, 5.41) is 6.28. The number of fused-ring (bicyclic) bond motifs is 2. The second-order valence-electron chi connectivity index (χ2n) is 11.0. The number of carbonyl (C=O) groups is 2. The molecule has 2 fully saturated rings. The third-order valence-corrected chi connectivity index (χ3v) is 9.37. The van der Waals surface area contributed by atoms with E-state index >= 15 is 0 Å². The quantitative estimate of drug-likeness (QED) is 0.492. The number of piperidine rings is 1. The average Bonchev–Trinajstić information content (AvgIpc) is 3.55. The normalized spacial score (nSPS) is 21.1. The number of nitrogens with zero attached hydrogens (tertiary/aromatic N) is 2. The molecule has 0 saturated carbocycles. The highest BCUT2D eigenvalue weighted by molar-refractivity contribution is 7.92. The zero-order chi connectivity index (χ0) is 27.5. The second kappa shape index (κ2) is 11.7. The van der Waals surface area contributed by atoms with Gasteiger partial charge in [-0.1, -0.05) is 48.5 Å². The van der Waals surface area contributed by atoms with Crippen LogP contribution in [0, 0.1) is 0 Å². The molecule has 2 saturated heterocycles. The van der Waals surface area contributed by atoms with Crippen molar-refractivity contribution in [3.63, 3.8) is 0 Å². The van der Waals surface area contributed by atoms with Crippen LogP contribution in [-0.4, -0.2) is 76.3 Å². The number of rotatable bonds is 9. The number of benzene rings is 2. The van der Waals surface area contributed by atoms with Gasteiger partial charge < -0.3 is 20.3 Å². The number of likely N-dealkylation sites (tertiary alicyclic amines) is 1. The van der Waals surface area contributed by atoms with Gasteiger partial charge in [-0.15, -0.1) is 0 Å². The van der Waals surface area contributed by atoms with Gasteiger partial charge in [-0.25, -0.2) is 8.42 Å². The largest absolute Gasteiger partial charge is 0.374 e. The fraction of sp³-hybridized carbons (Fsp3) is 0.517. The van der Waals surface area contributed by atoms with Crippen LogP contribution in [0.25, 0.3) is 0 Å². The summed E-state index contributed by atoms with van der Waals surface area (Å²) in [7, 11) is -3.41. The van der Waals surface area contributed by atoms with Crippen LogP contribution in [0.1, 0.15) is 43.2 Å². The van der Waals surface area contributed by atoms with Crippen LogP contribution in [0.15, 0.2) is 54.6 Å². The van der Waals surface area contributed by atoms with E-state index in [1.807, 2.05) is 54.6 Å². The van der Waals surface area contributed by atoms with Crippen molar-refractivity contribution in [2.45, 2.75) is 56.2 Å². The molecular formula is C29H38N4O5S.